The van der Waals surface area contributed by atoms with Gasteiger partial charge in [0.25, 0.3) is 0 Å². The van der Waals surface area contributed by atoms with Gasteiger partial charge in [0, 0.05) is 17.0 Å². The predicted molar refractivity (Wildman–Crippen MR) is 79.4 cm³/mol. The highest BCUT2D eigenvalue weighted by Crippen LogP contribution is 2.27. The zero-order valence-corrected chi connectivity index (χ0v) is 12.2. The van der Waals surface area contributed by atoms with Gasteiger partial charge in [0.15, 0.2) is 0 Å². The number of thiazole rings is 1. The molecular formula is C12H16Cl2N2S. The lowest BCUT2D eigenvalue weighted by molar-refractivity contribution is 1.07. The third kappa shape index (κ3) is 3.68. The van der Waals surface area contributed by atoms with Gasteiger partial charge >= 0.3 is 0 Å². The molecule has 1 aromatic carbocycles. The zero-order chi connectivity index (χ0) is 10.8. The average Bonchev–Trinajstić information content (AvgIpc) is 2.59. The maximum absolute atomic E-state index is 5.61. The summed E-state index contributed by atoms with van der Waals surface area (Å²) in [5.41, 5.74) is 9.05. The van der Waals surface area contributed by atoms with E-state index in [0.29, 0.717) is 6.54 Å². The SMILES string of the molecule is Cc1nc(-c2cccc(CN)c2)sc1C.Cl.Cl. The second-order valence-corrected chi connectivity index (χ2v) is 4.77. The molecule has 0 radical (unpaired) electrons. The molecule has 94 valence electrons. The van der Waals surface area contributed by atoms with Crippen molar-refractivity contribution in [1.29, 1.82) is 0 Å². The van der Waals surface area contributed by atoms with Crippen molar-refractivity contribution in [2.45, 2.75) is 20.4 Å². The molecule has 1 heterocycles. The number of aryl methyl sites for hydroxylation is 2. The van der Waals surface area contributed by atoms with Crippen LogP contribution in [-0.2, 0) is 6.54 Å². The summed E-state index contributed by atoms with van der Waals surface area (Å²) in [5, 5.41) is 1.08. The van der Waals surface area contributed by atoms with Crippen LogP contribution in [0.15, 0.2) is 24.3 Å². The van der Waals surface area contributed by atoms with E-state index in [-0.39, 0.29) is 24.8 Å². The number of nitrogens with zero attached hydrogens (tertiary/aromatic N) is 1. The summed E-state index contributed by atoms with van der Waals surface area (Å²) in [6.07, 6.45) is 0. The molecule has 0 aliphatic carbocycles. The van der Waals surface area contributed by atoms with Crippen LogP contribution in [-0.4, -0.2) is 4.98 Å². The van der Waals surface area contributed by atoms with Crippen LogP contribution >= 0.6 is 36.2 Å². The van der Waals surface area contributed by atoms with Gasteiger partial charge in [-0.3, -0.25) is 0 Å². The van der Waals surface area contributed by atoms with Gasteiger partial charge in [0.2, 0.25) is 0 Å². The van der Waals surface area contributed by atoms with Crippen LogP contribution in [0.1, 0.15) is 16.1 Å². The van der Waals surface area contributed by atoms with Crippen molar-refractivity contribution >= 4 is 36.2 Å². The fourth-order valence-corrected chi connectivity index (χ4v) is 2.34. The topological polar surface area (TPSA) is 38.9 Å². The minimum atomic E-state index is 0. The van der Waals surface area contributed by atoms with Gasteiger partial charge in [0.1, 0.15) is 5.01 Å². The Hall–Kier alpha value is -0.610. The number of nitrogens with two attached hydrogens (primary N) is 1. The molecule has 0 bridgehead atoms. The fourth-order valence-electron chi connectivity index (χ4n) is 1.43. The monoisotopic (exact) mass is 290 g/mol. The Kier molecular flexibility index (Phi) is 6.72. The number of rotatable bonds is 2. The number of halogens is 2. The van der Waals surface area contributed by atoms with Crippen LogP contribution in [0.3, 0.4) is 0 Å². The molecule has 0 saturated heterocycles. The Balaban J connectivity index is 0.00000128. The largest absolute Gasteiger partial charge is 0.326 e. The molecular weight excluding hydrogens is 275 g/mol. The second-order valence-electron chi connectivity index (χ2n) is 3.57. The Bertz CT molecular complexity index is 464. The van der Waals surface area contributed by atoms with Crippen molar-refractivity contribution in [3.63, 3.8) is 0 Å². The summed E-state index contributed by atoms with van der Waals surface area (Å²) >= 11 is 1.73. The fraction of sp³-hybridized carbons (Fsp3) is 0.250. The van der Waals surface area contributed by atoms with E-state index in [1.54, 1.807) is 11.3 Å². The molecule has 2 rings (SSSR count). The summed E-state index contributed by atoms with van der Waals surface area (Å²) in [6.45, 7) is 4.72. The molecule has 17 heavy (non-hydrogen) atoms. The molecule has 0 spiro atoms. The molecule has 0 aliphatic heterocycles. The maximum Gasteiger partial charge on any atom is 0.123 e. The number of hydrogen-bond donors (Lipinski definition) is 1. The minimum absolute atomic E-state index is 0. The summed E-state index contributed by atoms with van der Waals surface area (Å²) in [4.78, 5) is 5.81. The lowest BCUT2D eigenvalue weighted by atomic mass is 10.1. The van der Waals surface area contributed by atoms with Crippen LogP contribution in [0.4, 0.5) is 0 Å². The minimum Gasteiger partial charge on any atom is -0.326 e. The quantitative estimate of drug-likeness (QED) is 0.915. The van der Waals surface area contributed by atoms with E-state index in [9.17, 15) is 0 Å². The van der Waals surface area contributed by atoms with Crippen LogP contribution in [0.25, 0.3) is 10.6 Å². The molecule has 0 fully saturated rings. The number of hydrogen-bond acceptors (Lipinski definition) is 3. The maximum atomic E-state index is 5.61. The van der Waals surface area contributed by atoms with Crippen molar-refractivity contribution in [3.8, 4) is 10.6 Å². The molecule has 0 amide bonds. The van der Waals surface area contributed by atoms with E-state index >= 15 is 0 Å². The molecule has 1 aromatic heterocycles. The van der Waals surface area contributed by atoms with Crippen LogP contribution in [0.5, 0.6) is 0 Å². The first-order chi connectivity index (χ1) is 7.20. The van der Waals surface area contributed by atoms with Crippen molar-refractivity contribution in [2.24, 2.45) is 5.73 Å². The van der Waals surface area contributed by atoms with E-state index < -0.39 is 0 Å². The Morgan fingerprint density at radius 1 is 1.24 bits per heavy atom. The van der Waals surface area contributed by atoms with E-state index in [4.69, 9.17) is 5.73 Å². The van der Waals surface area contributed by atoms with Crippen molar-refractivity contribution in [1.82, 2.24) is 4.98 Å². The highest BCUT2D eigenvalue weighted by molar-refractivity contribution is 7.15. The van der Waals surface area contributed by atoms with Gasteiger partial charge in [-0.2, -0.15) is 0 Å². The lowest BCUT2D eigenvalue weighted by Crippen LogP contribution is -1.95. The summed E-state index contributed by atoms with van der Waals surface area (Å²) in [5.74, 6) is 0. The van der Waals surface area contributed by atoms with E-state index in [1.165, 1.54) is 10.4 Å². The lowest BCUT2D eigenvalue weighted by Gasteiger charge is -1.99. The summed E-state index contributed by atoms with van der Waals surface area (Å²) in [6, 6.07) is 8.26. The third-order valence-corrected chi connectivity index (χ3v) is 3.56. The van der Waals surface area contributed by atoms with Gasteiger partial charge in [-0.1, -0.05) is 18.2 Å². The summed E-state index contributed by atoms with van der Waals surface area (Å²) < 4.78 is 0. The van der Waals surface area contributed by atoms with Crippen molar-refractivity contribution in [3.05, 3.63) is 40.4 Å². The van der Waals surface area contributed by atoms with Gasteiger partial charge in [-0.05, 0) is 25.5 Å². The normalized spacial score (nSPS) is 9.35. The smallest absolute Gasteiger partial charge is 0.123 e. The van der Waals surface area contributed by atoms with Gasteiger partial charge in [-0.25, -0.2) is 4.98 Å². The average molecular weight is 291 g/mol. The predicted octanol–water partition coefficient (Wildman–Crippen LogP) is 3.73. The van der Waals surface area contributed by atoms with E-state index in [1.807, 2.05) is 19.1 Å². The van der Waals surface area contributed by atoms with Gasteiger partial charge < -0.3 is 5.73 Å². The molecule has 0 saturated carbocycles. The molecule has 0 unspecified atom stereocenters. The summed E-state index contributed by atoms with van der Waals surface area (Å²) in [7, 11) is 0. The second kappa shape index (κ2) is 6.97. The Morgan fingerprint density at radius 3 is 2.47 bits per heavy atom. The van der Waals surface area contributed by atoms with Crippen molar-refractivity contribution in [2.75, 3.05) is 0 Å². The molecule has 0 atom stereocenters. The van der Waals surface area contributed by atoms with E-state index in [2.05, 4.69) is 24.0 Å². The molecule has 2 aromatic rings. The first-order valence-electron chi connectivity index (χ1n) is 4.94. The standard InChI is InChI=1S/C12H14N2S.2ClH/c1-8-9(2)15-12(14-8)11-5-3-4-10(6-11)7-13;;/h3-6H,7,13H2,1-2H3;2*1H. The third-order valence-electron chi connectivity index (χ3n) is 2.44. The first kappa shape index (κ1) is 16.4. The number of aromatic nitrogens is 1. The zero-order valence-electron chi connectivity index (χ0n) is 9.77. The number of benzene rings is 1. The molecule has 2 N–H and O–H groups in total. The van der Waals surface area contributed by atoms with Crippen LogP contribution in [0.2, 0.25) is 0 Å². The highest BCUT2D eigenvalue weighted by atomic mass is 35.5. The highest BCUT2D eigenvalue weighted by Gasteiger charge is 2.06. The van der Waals surface area contributed by atoms with Gasteiger partial charge in [-0.15, -0.1) is 36.2 Å². The van der Waals surface area contributed by atoms with Crippen molar-refractivity contribution < 1.29 is 0 Å². The van der Waals surface area contributed by atoms with Crippen LogP contribution < -0.4 is 5.73 Å². The van der Waals surface area contributed by atoms with Gasteiger partial charge in [0.05, 0.1) is 5.69 Å². The molecule has 5 heteroatoms. The van der Waals surface area contributed by atoms with Crippen LogP contribution in [0, 0.1) is 13.8 Å². The van der Waals surface area contributed by atoms with E-state index in [0.717, 1.165) is 16.3 Å². The Labute approximate surface area is 118 Å². The molecule has 2 nitrogen and oxygen atoms in total. The molecule has 0 aliphatic rings. The Morgan fingerprint density at radius 2 is 1.94 bits per heavy atom. The first-order valence-corrected chi connectivity index (χ1v) is 5.76.